The molecule has 0 fully saturated rings. The lowest BCUT2D eigenvalue weighted by molar-refractivity contribution is 0.101. The van der Waals surface area contributed by atoms with E-state index in [4.69, 9.17) is 8.94 Å². The van der Waals surface area contributed by atoms with Crippen LogP contribution in [0.25, 0.3) is 22.4 Å². The first-order valence-electron chi connectivity index (χ1n) is 8.50. The van der Waals surface area contributed by atoms with E-state index in [1.54, 1.807) is 30.3 Å². The number of nitrogens with one attached hydrogen (secondary N) is 2. The summed E-state index contributed by atoms with van der Waals surface area (Å²) in [5.74, 6) is 0.657. The van der Waals surface area contributed by atoms with E-state index in [-0.39, 0.29) is 17.2 Å². The third-order valence-electron chi connectivity index (χ3n) is 4.26. The summed E-state index contributed by atoms with van der Waals surface area (Å²) in [6, 6.07) is 12.0. The van der Waals surface area contributed by atoms with Crippen molar-refractivity contribution in [1.82, 2.24) is 10.1 Å². The Kier molecular flexibility index (Phi) is 4.12. The number of H-pyrrole nitrogens is 1. The molecule has 3 aromatic heterocycles. The topological polar surface area (TPSA) is 101 Å². The van der Waals surface area contributed by atoms with Gasteiger partial charge in [-0.25, -0.2) is 0 Å². The summed E-state index contributed by atoms with van der Waals surface area (Å²) in [4.78, 5) is 27.2. The highest BCUT2D eigenvalue weighted by Crippen LogP contribution is 2.25. The summed E-state index contributed by atoms with van der Waals surface area (Å²) < 4.78 is 10.4. The minimum absolute atomic E-state index is 0.130. The van der Waals surface area contributed by atoms with Gasteiger partial charge < -0.3 is 19.2 Å². The fourth-order valence-corrected chi connectivity index (χ4v) is 2.95. The third-order valence-corrected chi connectivity index (χ3v) is 4.26. The van der Waals surface area contributed by atoms with Gasteiger partial charge in [0.1, 0.15) is 0 Å². The lowest BCUT2D eigenvalue weighted by Crippen LogP contribution is -2.13. The average molecular weight is 363 g/mol. The van der Waals surface area contributed by atoms with E-state index < -0.39 is 5.91 Å². The summed E-state index contributed by atoms with van der Waals surface area (Å²) >= 11 is 0. The van der Waals surface area contributed by atoms with Gasteiger partial charge in [0.25, 0.3) is 5.91 Å². The quantitative estimate of drug-likeness (QED) is 0.567. The molecule has 0 radical (unpaired) electrons. The second-order valence-electron chi connectivity index (χ2n) is 6.51. The molecule has 0 atom stereocenters. The van der Waals surface area contributed by atoms with Crippen molar-refractivity contribution in [2.75, 3.05) is 5.32 Å². The minimum Gasteiger partial charge on any atom is -0.461 e. The van der Waals surface area contributed by atoms with Crippen LogP contribution in [-0.2, 0) is 0 Å². The monoisotopic (exact) mass is 363 g/mol. The van der Waals surface area contributed by atoms with E-state index in [1.165, 1.54) is 12.3 Å². The van der Waals surface area contributed by atoms with Gasteiger partial charge in [-0.3, -0.25) is 9.59 Å². The molecule has 0 saturated carbocycles. The molecule has 3 heterocycles. The first-order chi connectivity index (χ1) is 13.0. The standard InChI is InChI=1S/C20H17N3O4/c1-11(2)14-9-19(24)22-15-8-12(5-6-13(14)15)21-20(25)16-10-18(27-23-16)17-4-3-7-26-17/h3-11H,1-2H3,(H,21,25)(H,22,24). The Balaban J connectivity index is 1.62. The van der Waals surface area contributed by atoms with E-state index in [1.807, 2.05) is 19.9 Å². The van der Waals surface area contributed by atoms with Crippen LogP contribution in [0.5, 0.6) is 0 Å². The van der Waals surface area contributed by atoms with Crippen molar-refractivity contribution in [1.29, 1.82) is 0 Å². The van der Waals surface area contributed by atoms with Gasteiger partial charge in [0.2, 0.25) is 11.3 Å². The number of rotatable bonds is 4. The molecule has 0 spiro atoms. The van der Waals surface area contributed by atoms with Crippen molar-refractivity contribution >= 4 is 22.5 Å². The molecule has 0 saturated heterocycles. The van der Waals surface area contributed by atoms with Crippen molar-refractivity contribution in [3.8, 4) is 11.5 Å². The predicted molar refractivity (Wildman–Crippen MR) is 101 cm³/mol. The summed E-state index contributed by atoms with van der Waals surface area (Å²) in [5.41, 5.74) is 2.14. The Hall–Kier alpha value is -3.61. The van der Waals surface area contributed by atoms with Crippen molar-refractivity contribution in [2.45, 2.75) is 19.8 Å². The Morgan fingerprint density at radius 3 is 2.74 bits per heavy atom. The van der Waals surface area contributed by atoms with Gasteiger partial charge in [-0.15, -0.1) is 0 Å². The third kappa shape index (κ3) is 3.27. The smallest absolute Gasteiger partial charge is 0.277 e. The second kappa shape index (κ2) is 6.60. The van der Waals surface area contributed by atoms with Gasteiger partial charge in [0, 0.05) is 23.2 Å². The highest BCUT2D eigenvalue weighted by atomic mass is 16.5. The van der Waals surface area contributed by atoms with E-state index in [9.17, 15) is 9.59 Å². The maximum atomic E-state index is 12.4. The predicted octanol–water partition coefficient (Wildman–Crippen LogP) is 4.15. The number of carbonyl (C=O) groups is 1. The zero-order valence-electron chi connectivity index (χ0n) is 14.8. The van der Waals surface area contributed by atoms with Gasteiger partial charge in [-0.1, -0.05) is 25.1 Å². The number of benzene rings is 1. The summed E-state index contributed by atoms with van der Waals surface area (Å²) in [6.45, 7) is 4.07. The number of nitrogens with zero attached hydrogens (tertiary/aromatic N) is 1. The number of furan rings is 1. The number of carbonyl (C=O) groups excluding carboxylic acids is 1. The molecule has 2 N–H and O–H groups in total. The molecule has 0 aliphatic carbocycles. The van der Waals surface area contributed by atoms with E-state index in [0.717, 1.165) is 10.9 Å². The molecule has 4 rings (SSSR count). The molecule has 0 bridgehead atoms. The number of aromatic nitrogens is 2. The zero-order chi connectivity index (χ0) is 19.0. The van der Waals surface area contributed by atoms with Crippen molar-refractivity contribution in [3.05, 3.63) is 70.3 Å². The van der Waals surface area contributed by atoms with Gasteiger partial charge in [0.15, 0.2) is 11.5 Å². The van der Waals surface area contributed by atoms with Crippen LogP contribution in [0.2, 0.25) is 0 Å². The van der Waals surface area contributed by atoms with Gasteiger partial charge in [-0.05, 0) is 35.7 Å². The number of hydrogen-bond acceptors (Lipinski definition) is 5. The summed E-state index contributed by atoms with van der Waals surface area (Å²) in [5, 5.41) is 7.49. The molecule has 7 nitrogen and oxygen atoms in total. The SMILES string of the molecule is CC(C)c1cc(=O)[nH]c2cc(NC(=O)c3cc(-c4ccco4)on3)ccc12. The number of amides is 1. The van der Waals surface area contributed by atoms with Crippen molar-refractivity contribution in [2.24, 2.45) is 0 Å². The first kappa shape index (κ1) is 16.8. The van der Waals surface area contributed by atoms with E-state index >= 15 is 0 Å². The Labute approximate surface area is 154 Å². The normalized spacial score (nSPS) is 11.2. The van der Waals surface area contributed by atoms with Crippen LogP contribution in [0.4, 0.5) is 5.69 Å². The fourth-order valence-electron chi connectivity index (χ4n) is 2.95. The van der Waals surface area contributed by atoms with Crippen LogP contribution in [-0.4, -0.2) is 16.0 Å². The number of anilines is 1. The number of hydrogen-bond donors (Lipinski definition) is 2. The second-order valence-corrected chi connectivity index (χ2v) is 6.51. The van der Waals surface area contributed by atoms with Gasteiger partial charge in [-0.2, -0.15) is 0 Å². The molecule has 0 aliphatic rings. The van der Waals surface area contributed by atoms with Gasteiger partial charge in [0.05, 0.1) is 11.8 Å². The Morgan fingerprint density at radius 1 is 1.15 bits per heavy atom. The largest absolute Gasteiger partial charge is 0.461 e. The lowest BCUT2D eigenvalue weighted by Gasteiger charge is -2.11. The zero-order valence-corrected chi connectivity index (χ0v) is 14.8. The maximum Gasteiger partial charge on any atom is 0.277 e. The molecule has 0 unspecified atom stereocenters. The lowest BCUT2D eigenvalue weighted by atomic mass is 9.99. The van der Waals surface area contributed by atoms with Crippen LogP contribution >= 0.6 is 0 Å². The fraction of sp³-hybridized carbons (Fsp3) is 0.150. The summed E-state index contributed by atoms with van der Waals surface area (Å²) in [6.07, 6.45) is 1.51. The molecule has 27 heavy (non-hydrogen) atoms. The van der Waals surface area contributed by atoms with E-state index in [0.29, 0.717) is 22.7 Å². The molecule has 1 aromatic carbocycles. The van der Waals surface area contributed by atoms with Crippen LogP contribution in [0.1, 0.15) is 35.8 Å². The first-order valence-corrected chi connectivity index (χ1v) is 8.50. The van der Waals surface area contributed by atoms with Crippen LogP contribution < -0.4 is 10.9 Å². The Bertz CT molecular complexity index is 1170. The maximum absolute atomic E-state index is 12.4. The number of aromatic amines is 1. The molecule has 0 aliphatic heterocycles. The molecule has 7 heteroatoms. The average Bonchev–Trinajstić information content (AvgIpc) is 3.32. The Morgan fingerprint density at radius 2 is 2.00 bits per heavy atom. The van der Waals surface area contributed by atoms with Gasteiger partial charge >= 0.3 is 0 Å². The number of pyridine rings is 1. The highest BCUT2D eigenvalue weighted by Gasteiger charge is 2.16. The van der Waals surface area contributed by atoms with Crippen molar-refractivity contribution in [3.63, 3.8) is 0 Å². The molecular weight excluding hydrogens is 346 g/mol. The minimum atomic E-state index is -0.418. The summed E-state index contributed by atoms with van der Waals surface area (Å²) in [7, 11) is 0. The molecule has 136 valence electrons. The molecular formula is C20H17N3O4. The van der Waals surface area contributed by atoms with Crippen LogP contribution in [0.15, 0.2) is 62.5 Å². The number of fused-ring (bicyclic) bond motifs is 1. The molecule has 4 aromatic rings. The van der Waals surface area contributed by atoms with Crippen molar-refractivity contribution < 1.29 is 13.7 Å². The highest BCUT2D eigenvalue weighted by molar-refractivity contribution is 6.04. The van der Waals surface area contributed by atoms with E-state index in [2.05, 4.69) is 15.5 Å². The van der Waals surface area contributed by atoms with Crippen LogP contribution in [0.3, 0.4) is 0 Å². The van der Waals surface area contributed by atoms with Crippen LogP contribution in [0, 0.1) is 0 Å². The molecule has 1 amide bonds.